The molecule has 0 aliphatic carbocycles. The van der Waals surface area contributed by atoms with E-state index in [-0.39, 0.29) is 11.5 Å². The second kappa shape index (κ2) is 7.56. The van der Waals surface area contributed by atoms with Gasteiger partial charge in [0.1, 0.15) is 17.7 Å². The fourth-order valence-corrected chi connectivity index (χ4v) is 5.03. The molecule has 3 saturated heterocycles. The van der Waals surface area contributed by atoms with Crippen molar-refractivity contribution in [2.24, 2.45) is 5.41 Å². The number of benzene rings is 1. The van der Waals surface area contributed by atoms with Crippen LogP contribution in [0.2, 0.25) is 0 Å². The van der Waals surface area contributed by atoms with E-state index in [2.05, 4.69) is 48.6 Å². The summed E-state index contributed by atoms with van der Waals surface area (Å²) in [7, 11) is -0.429. The van der Waals surface area contributed by atoms with E-state index in [1.165, 1.54) is 0 Å². The van der Waals surface area contributed by atoms with Crippen molar-refractivity contribution in [3.63, 3.8) is 0 Å². The molecule has 1 amide bonds. The molecular weight excluding hydrogens is 431 g/mol. The van der Waals surface area contributed by atoms with E-state index in [0.29, 0.717) is 0 Å². The maximum Gasteiger partial charge on any atom is 0.494 e. The van der Waals surface area contributed by atoms with Crippen LogP contribution in [0.1, 0.15) is 54.9 Å². The van der Waals surface area contributed by atoms with E-state index < -0.39 is 23.9 Å². The first-order valence-corrected chi connectivity index (χ1v) is 12.1. The summed E-state index contributed by atoms with van der Waals surface area (Å²) in [5.74, 6) is 0.927. The number of carbonyl (C=O) groups is 1. The Kier molecular flexibility index (Phi) is 5.19. The maximum atomic E-state index is 12.4. The molecular formula is C25H35BN4O4. The van der Waals surface area contributed by atoms with Crippen LogP contribution in [0.4, 0.5) is 10.6 Å². The van der Waals surface area contributed by atoms with Crippen LogP contribution in [0.15, 0.2) is 24.5 Å². The molecule has 2 aromatic rings. The van der Waals surface area contributed by atoms with E-state index in [4.69, 9.17) is 14.0 Å². The quantitative estimate of drug-likeness (QED) is 0.628. The van der Waals surface area contributed by atoms with Gasteiger partial charge in [0.25, 0.3) is 0 Å². The van der Waals surface area contributed by atoms with Gasteiger partial charge in [-0.3, -0.25) is 0 Å². The summed E-state index contributed by atoms with van der Waals surface area (Å²) in [6.45, 7) is 17.1. The Hall–Kier alpha value is -2.39. The van der Waals surface area contributed by atoms with E-state index in [1.807, 2.05) is 37.8 Å². The van der Waals surface area contributed by atoms with Crippen molar-refractivity contribution in [1.29, 1.82) is 0 Å². The highest BCUT2D eigenvalue weighted by Crippen LogP contribution is 2.42. The number of aromatic nitrogens is 2. The van der Waals surface area contributed by atoms with E-state index in [1.54, 1.807) is 6.33 Å². The molecule has 182 valence electrons. The second-order valence-electron chi connectivity index (χ2n) is 12.1. The zero-order valence-electron chi connectivity index (χ0n) is 21.3. The van der Waals surface area contributed by atoms with Crippen LogP contribution in [-0.4, -0.2) is 71.1 Å². The number of hydrogen-bond acceptors (Lipinski definition) is 7. The zero-order chi connectivity index (χ0) is 24.5. The van der Waals surface area contributed by atoms with Crippen LogP contribution in [0.5, 0.6) is 0 Å². The first kappa shape index (κ1) is 23.4. The van der Waals surface area contributed by atoms with Crippen molar-refractivity contribution < 1.29 is 18.8 Å². The lowest BCUT2D eigenvalue weighted by atomic mass is 9.78. The second-order valence-corrected chi connectivity index (χ2v) is 12.1. The fraction of sp³-hybridized carbons (Fsp3) is 0.640. The first-order valence-electron chi connectivity index (χ1n) is 12.1. The monoisotopic (exact) mass is 466 g/mol. The van der Waals surface area contributed by atoms with Crippen molar-refractivity contribution in [3.05, 3.63) is 24.5 Å². The molecule has 0 radical (unpaired) electrons. The third-order valence-electron chi connectivity index (χ3n) is 7.61. The molecule has 1 aromatic carbocycles. The number of nitrogens with zero attached hydrogens (tertiary/aromatic N) is 4. The molecule has 0 saturated carbocycles. The predicted molar refractivity (Wildman–Crippen MR) is 132 cm³/mol. The van der Waals surface area contributed by atoms with Crippen molar-refractivity contribution in [2.45, 2.75) is 71.7 Å². The lowest BCUT2D eigenvalue weighted by Gasteiger charge is -2.47. The molecule has 0 bridgehead atoms. The molecule has 3 fully saturated rings. The van der Waals surface area contributed by atoms with Crippen molar-refractivity contribution in [2.75, 3.05) is 31.1 Å². The lowest BCUT2D eigenvalue weighted by Crippen LogP contribution is -2.60. The Morgan fingerprint density at radius 2 is 1.74 bits per heavy atom. The van der Waals surface area contributed by atoms with Gasteiger partial charge < -0.3 is 23.8 Å². The summed E-state index contributed by atoms with van der Waals surface area (Å²) < 4.78 is 18.1. The van der Waals surface area contributed by atoms with Crippen LogP contribution in [-0.2, 0) is 14.0 Å². The van der Waals surface area contributed by atoms with Crippen LogP contribution < -0.4 is 10.4 Å². The first-order chi connectivity index (χ1) is 15.8. The van der Waals surface area contributed by atoms with Gasteiger partial charge in [-0.25, -0.2) is 14.8 Å². The minimum absolute atomic E-state index is 0.0948. The topological polar surface area (TPSA) is 77.0 Å². The minimum atomic E-state index is -0.476. The Balaban J connectivity index is 1.34. The van der Waals surface area contributed by atoms with E-state index in [0.717, 1.165) is 54.8 Å². The van der Waals surface area contributed by atoms with Gasteiger partial charge in [-0.2, -0.15) is 0 Å². The number of anilines is 1. The van der Waals surface area contributed by atoms with Crippen molar-refractivity contribution in [3.8, 4) is 0 Å². The SMILES string of the molecule is CC(C)(C)OC(=O)N1CC2(CCN(c3ncnc4ccc(B5OC(C)(C)C(C)(C)O5)cc34)C2)C1. The standard InChI is InChI=1S/C25H35BN4O4/c1-22(2,3)32-21(31)30-14-25(15-30)10-11-29(13-25)20-18-12-17(8-9-19(18)27-16-28-20)26-33-23(4,5)24(6,7)34-26/h8-9,12,16H,10-11,13-15H2,1-7H3. The Morgan fingerprint density at radius 3 is 2.38 bits per heavy atom. The van der Waals surface area contributed by atoms with Gasteiger partial charge >= 0.3 is 13.2 Å². The van der Waals surface area contributed by atoms with Gasteiger partial charge in [0.2, 0.25) is 0 Å². The maximum absolute atomic E-state index is 12.4. The van der Waals surface area contributed by atoms with Crippen LogP contribution in [0.3, 0.4) is 0 Å². The Morgan fingerprint density at radius 1 is 1.06 bits per heavy atom. The molecule has 3 aliphatic rings. The average molecular weight is 466 g/mol. The summed E-state index contributed by atoms with van der Waals surface area (Å²) in [6.07, 6.45) is 2.43. The zero-order valence-corrected chi connectivity index (χ0v) is 21.3. The lowest BCUT2D eigenvalue weighted by molar-refractivity contribution is -0.0266. The Bertz CT molecular complexity index is 1110. The summed E-state index contributed by atoms with van der Waals surface area (Å²) in [5.41, 5.74) is 0.696. The Labute approximate surface area is 202 Å². The molecule has 8 nitrogen and oxygen atoms in total. The molecule has 1 spiro atoms. The van der Waals surface area contributed by atoms with Gasteiger partial charge in [-0.1, -0.05) is 6.07 Å². The number of ether oxygens (including phenoxy) is 1. The predicted octanol–water partition coefficient (Wildman–Crippen LogP) is 3.38. The van der Waals surface area contributed by atoms with Crippen LogP contribution in [0.25, 0.3) is 10.9 Å². The molecule has 0 N–H and O–H groups in total. The molecule has 3 aliphatic heterocycles. The minimum Gasteiger partial charge on any atom is -0.444 e. The normalized spacial score (nSPS) is 23.0. The largest absolute Gasteiger partial charge is 0.494 e. The number of amides is 1. The van der Waals surface area contributed by atoms with E-state index >= 15 is 0 Å². The third-order valence-corrected chi connectivity index (χ3v) is 7.61. The molecule has 0 unspecified atom stereocenters. The third kappa shape index (κ3) is 4.03. The molecule has 1 aromatic heterocycles. The number of likely N-dealkylation sites (tertiary alicyclic amines) is 1. The van der Waals surface area contributed by atoms with E-state index in [9.17, 15) is 4.79 Å². The van der Waals surface area contributed by atoms with Crippen molar-refractivity contribution in [1.82, 2.24) is 14.9 Å². The molecule has 5 rings (SSSR count). The summed E-state index contributed by atoms with van der Waals surface area (Å²) in [6, 6.07) is 6.14. The van der Waals surface area contributed by atoms with Gasteiger partial charge in [0, 0.05) is 37.0 Å². The number of hydrogen-bond donors (Lipinski definition) is 0. The molecule has 9 heteroatoms. The van der Waals surface area contributed by atoms with Crippen molar-refractivity contribution >= 4 is 35.4 Å². The number of rotatable bonds is 2. The number of carbonyl (C=O) groups excluding carboxylic acids is 1. The highest BCUT2D eigenvalue weighted by molar-refractivity contribution is 6.62. The van der Waals surface area contributed by atoms with Gasteiger partial charge in [-0.05, 0) is 72.5 Å². The van der Waals surface area contributed by atoms with Crippen LogP contribution in [0, 0.1) is 5.41 Å². The number of fused-ring (bicyclic) bond motifs is 1. The molecule has 0 atom stereocenters. The summed E-state index contributed by atoms with van der Waals surface area (Å²) >= 11 is 0. The van der Waals surface area contributed by atoms with Gasteiger partial charge in [-0.15, -0.1) is 0 Å². The average Bonchev–Trinajstić information content (AvgIpc) is 3.23. The van der Waals surface area contributed by atoms with Crippen LogP contribution >= 0.6 is 0 Å². The smallest absolute Gasteiger partial charge is 0.444 e. The molecule has 4 heterocycles. The summed E-state index contributed by atoms with van der Waals surface area (Å²) in [4.78, 5) is 25.7. The molecule has 34 heavy (non-hydrogen) atoms. The fourth-order valence-electron chi connectivity index (χ4n) is 5.03. The highest BCUT2D eigenvalue weighted by atomic mass is 16.7. The summed E-state index contributed by atoms with van der Waals surface area (Å²) in [5, 5.41) is 0.995. The van der Waals surface area contributed by atoms with Gasteiger partial charge in [0.15, 0.2) is 0 Å². The highest BCUT2D eigenvalue weighted by Gasteiger charge is 2.52. The van der Waals surface area contributed by atoms with Gasteiger partial charge in [0.05, 0.1) is 16.7 Å².